The van der Waals surface area contributed by atoms with Gasteiger partial charge in [0.2, 0.25) is 0 Å². The number of carbonyl (C=O) groups is 3. The van der Waals surface area contributed by atoms with Crippen LogP contribution in [0.5, 0.6) is 0 Å². The van der Waals surface area contributed by atoms with Crippen molar-refractivity contribution in [2.75, 3.05) is 40.1 Å². The first-order valence-corrected chi connectivity index (χ1v) is 23.3. The largest absolute Gasteiger partial charge is 0.472 e. The van der Waals surface area contributed by atoms with Crippen LogP contribution in [0, 0.1) is 0 Å². The summed E-state index contributed by atoms with van der Waals surface area (Å²) in [4.78, 5) is 47.0. The number of rotatable bonds is 42. The van der Waals surface area contributed by atoms with E-state index in [9.17, 15) is 23.8 Å². The van der Waals surface area contributed by atoms with Crippen LogP contribution in [0.15, 0.2) is 0 Å². The molecule has 0 aromatic carbocycles. The Morgan fingerprint density at radius 1 is 0.463 bits per heavy atom. The van der Waals surface area contributed by atoms with Crippen LogP contribution in [-0.2, 0) is 46.9 Å². The highest BCUT2D eigenvalue weighted by molar-refractivity contribution is 7.47. The van der Waals surface area contributed by atoms with Crippen molar-refractivity contribution >= 4 is 25.7 Å². The van der Waals surface area contributed by atoms with Crippen LogP contribution in [0.25, 0.3) is 0 Å². The molecule has 11 nitrogen and oxygen atoms in total. The zero-order valence-corrected chi connectivity index (χ0v) is 35.7. The first kappa shape index (κ1) is 52.5. The number of phosphoric acid groups is 1. The van der Waals surface area contributed by atoms with E-state index in [0.29, 0.717) is 6.42 Å². The SMILES string of the molecule is CCCCCCCCCCCCCCCC(=O)OC[C@H](COP(=O)(O)OCCCC(=O)OCCOC)OC(=O)CCCCCCCCCCCCCCC. The van der Waals surface area contributed by atoms with Crippen molar-refractivity contribution in [1.82, 2.24) is 0 Å². The number of hydrogen-bond donors (Lipinski definition) is 1. The van der Waals surface area contributed by atoms with Gasteiger partial charge in [0.25, 0.3) is 0 Å². The van der Waals surface area contributed by atoms with Gasteiger partial charge in [-0.2, -0.15) is 0 Å². The molecule has 0 aromatic heterocycles. The first-order chi connectivity index (χ1) is 26.2. The Labute approximate surface area is 329 Å². The minimum atomic E-state index is -4.52. The number of phosphoric ester groups is 1. The number of unbranched alkanes of at least 4 members (excludes halogenated alkanes) is 24. The highest BCUT2D eigenvalue weighted by Crippen LogP contribution is 2.43. The van der Waals surface area contributed by atoms with Crippen LogP contribution in [0.1, 0.15) is 206 Å². The van der Waals surface area contributed by atoms with E-state index in [1.54, 1.807) is 0 Å². The molecule has 0 aliphatic carbocycles. The fourth-order valence-corrected chi connectivity index (χ4v) is 6.90. The van der Waals surface area contributed by atoms with Gasteiger partial charge in [0.1, 0.15) is 13.2 Å². The maximum Gasteiger partial charge on any atom is 0.472 e. The zero-order valence-electron chi connectivity index (χ0n) is 34.8. The fraction of sp³-hybridized carbons (Fsp3) is 0.929. The van der Waals surface area contributed by atoms with E-state index in [-0.39, 0.29) is 52.1 Å². The lowest BCUT2D eigenvalue weighted by molar-refractivity contribution is -0.161. The molecule has 0 spiro atoms. The van der Waals surface area contributed by atoms with Crippen LogP contribution in [0.2, 0.25) is 0 Å². The Bertz CT molecular complexity index is 917. The highest BCUT2D eigenvalue weighted by atomic mass is 31.2. The summed E-state index contributed by atoms with van der Waals surface area (Å²) in [5, 5.41) is 0. The van der Waals surface area contributed by atoms with Crippen LogP contribution in [0.4, 0.5) is 0 Å². The van der Waals surface area contributed by atoms with Crippen molar-refractivity contribution in [2.45, 2.75) is 213 Å². The predicted octanol–water partition coefficient (Wildman–Crippen LogP) is 11.5. The maximum absolute atomic E-state index is 12.7. The molecular formula is C42H81O11P. The molecule has 12 heteroatoms. The van der Waals surface area contributed by atoms with Crippen LogP contribution < -0.4 is 0 Å². The maximum atomic E-state index is 12.7. The third-order valence-corrected chi connectivity index (χ3v) is 10.4. The van der Waals surface area contributed by atoms with E-state index in [1.807, 2.05) is 0 Å². The fourth-order valence-electron chi connectivity index (χ4n) is 6.12. The van der Waals surface area contributed by atoms with Gasteiger partial charge in [0.05, 0.1) is 19.8 Å². The molecule has 0 aliphatic heterocycles. The molecule has 320 valence electrons. The van der Waals surface area contributed by atoms with Gasteiger partial charge in [0.15, 0.2) is 6.10 Å². The molecule has 0 amide bonds. The van der Waals surface area contributed by atoms with E-state index in [2.05, 4.69) is 13.8 Å². The molecule has 0 bridgehead atoms. The number of esters is 3. The summed E-state index contributed by atoms with van der Waals surface area (Å²) < 4.78 is 43.3. The Hall–Kier alpha value is -1.52. The van der Waals surface area contributed by atoms with E-state index in [4.69, 9.17) is 28.0 Å². The lowest BCUT2D eigenvalue weighted by Crippen LogP contribution is -2.29. The minimum absolute atomic E-state index is 0.00164. The topological polar surface area (TPSA) is 144 Å². The van der Waals surface area contributed by atoms with Crippen molar-refractivity contribution in [2.24, 2.45) is 0 Å². The normalized spacial score (nSPS) is 13.0. The Morgan fingerprint density at radius 2 is 0.852 bits per heavy atom. The number of methoxy groups -OCH3 is 1. The van der Waals surface area contributed by atoms with Gasteiger partial charge in [-0.05, 0) is 19.3 Å². The average Bonchev–Trinajstić information content (AvgIpc) is 3.15. The number of carbonyl (C=O) groups excluding carboxylic acids is 3. The summed E-state index contributed by atoms with van der Waals surface area (Å²) in [6, 6.07) is 0. The molecule has 54 heavy (non-hydrogen) atoms. The van der Waals surface area contributed by atoms with Crippen molar-refractivity contribution < 1.29 is 51.8 Å². The molecule has 0 aromatic rings. The van der Waals surface area contributed by atoms with Crippen molar-refractivity contribution in [3.63, 3.8) is 0 Å². The lowest BCUT2D eigenvalue weighted by Gasteiger charge is -2.20. The van der Waals surface area contributed by atoms with Crippen molar-refractivity contribution in [3.05, 3.63) is 0 Å². The average molecular weight is 793 g/mol. The molecule has 0 saturated carbocycles. The van der Waals surface area contributed by atoms with Crippen LogP contribution in [0.3, 0.4) is 0 Å². The van der Waals surface area contributed by atoms with Gasteiger partial charge in [0, 0.05) is 26.4 Å². The number of ether oxygens (including phenoxy) is 4. The van der Waals surface area contributed by atoms with Gasteiger partial charge >= 0.3 is 25.7 Å². The Kier molecular flexibility index (Phi) is 38.6. The number of hydrogen-bond acceptors (Lipinski definition) is 10. The standard InChI is InChI=1S/C42H81O11P/c1-4-6-8-10-12-14-16-18-20-22-24-26-28-31-41(44)50-37-39(38-52-54(46,47)51-34-30-33-40(43)49-36-35-48-3)53-42(45)32-29-27-25-23-21-19-17-15-13-11-9-7-5-2/h39H,4-38H2,1-3H3,(H,46,47)/t39-/m1/s1. The molecule has 0 aliphatic rings. The molecule has 2 atom stereocenters. The molecule has 0 radical (unpaired) electrons. The van der Waals surface area contributed by atoms with Gasteiger partial charge in [-0.1, -0.05) is 168 Å². The summed E-state index contributed by atoms with van der Waals surface area (Å²) in [6.07, 6.45) is 30.8. The van der Waals surface area contributed by atoms with E-state index in [0.717, 1.165) is 38.5 Å². The quantitative estimate of drug-likeness (QED) is 0.0273. The van der Waals surface area contributed by atoms with E-state index < -0.39 is 38.4 Å². The summed E-state index contributed by atoms with van der Waals surface area (Å²) >= 11 is 0. The van der Waals surface area contributed by atoms with Crippen LogP contribution in [-0.4, -0.2) is 69.0 Å². The predicted molar refractivity (Wildman–Crippen MR) is 215 cm³/mol. The van der Waals surface area contributed by atoms with Crippen molar-refractivity contribution in [1.29, 1.82) is 0 Å². The monoisotopic (exact) mass is 793 g/mol. The van der Waals surface area contributed by atoms with E-state index in [1.165, 1.54) is 129 Å². The van der Waals surface area contributed by atoms with Gasteiger partial charge in [-0.25, -0.2) is 4.57 Å². The second-order valence-electron chi connectivity index (χ2n) is 14.7. The van der Waals surface area contributed by atoms with E-state index >= 15 is 0 Å². The van der Waals surface area contributed by atoms with Gasteiger partial charge in [-0.15, -0.1) is 0 Å². The Balaban J connectivity index is 4.48. The molecule has 0 fully saturated rings. The summed E-state index contributed by atoms with van der Waals surface area (Å²) in [5.41, 5.74) is 0. The highest BCUT2D eigenvalue weighted by Gasteiger charge is 2.26. The Morgan fingerprint density at radius 3 is 1.30 bits per heavy atom. The second kappa shape index (κ2) is 39.7. The summed E-state index contributed by atoms with van der Waals surface area (Å²) in [6.45, 7) is 3.91. The minimum Gasteiger partial charge on any atom is -0.463 e. The van der Waals surface area contributed by atoms with Gasteiger partial charge in [-0.3, -0.25) is 23.4 Å². The van der Waals surface area contributed by atoms with Crippen LogP contribution >= 0.6 is 7.82 Å². The molecule has 1 unspecified atom stereocenters. The lowest BCUT2D eigenvalue weighted by atomic mass is 10.0. The summed E-state index contributed by atoms with van der Waals surface area (Å²) in [5.74, 6) is -1.35. The second-order valence-corrected chi connectivity index (χ2v) is 16.1. The summed E-state index contributed by atoms with van der Waals surface area (Å²) in [7, 11) is -3.02. The molecule has 0 heterocycles. The molecule has 0 saturated heterocycles. The third kappa shape index (κ3) is 38.7. The smallest absolute Gasteiger partial charge is 0.463 e. The third-order valence-electron chi connectivity index (χ3n) is 9.45. The molecule has 1 N–H and O–H groups in total. The van der Waals surface area contributed by atoms with Gasteiger partial charge < -0.3 is 23.8 Å². The molecule has 0 rings (SSSR count). The first-order valence-electron chi connectivity index (χ1n) is 21.9. The molecular weight excluding hydrogens is 711 g/mol. The zero-order chi connectivity index (χ0) is 39.8. The van der Waals surface area contributed by atoms with Crippen molar-refractivity contribution in [3.8, 4) is 0 Å².